The van der Waals surface area contributed by atoms with E-state index in [1.807, 2.05) is 27.7 Å². The molecule has 0 saturated carbocycles. The van der Waals surface area contributed by atoms with Crippen molar-refractivity contribution in [3.8, 4) is 11.5 Å². The summed E-state index contributed by atoms with van der Waals surface area (Å²) in [4.78, 5) is 0. The molecule has 1 aromatic rings. The Morgan fingerprint density at radius 3 is 2.39 bits per heavy atom. The number of halogens is 1. The van der Waals surface area contributed by atoms with Crippen LogP contribution in [0.3, 0.4) is 0 Å². The predicted octanol–water partition coefficient (Wildman–Crippen LogP) is 3.42. The monoisotopic (exact) mass is 272 g/mol. The van der Waals surface area contributed by atoms with E-state index >= 15 is 0 Å². The van der Waals surface area contributed by atoms with Crippen LogP contribution in [0.25, 0.3) is 0 Å². The Balaban J connectivity index is 3.10. The molecule has 0 radical (unpaired) electrons. The fourth-order valence-electron chi connectivity index (χ4n) is 1.53. The molecule has 0 aliphatic rings. The zero-order valence-electron chi connectivity index (χ0n) is 11.3. The Labute approximate surface area is 113 Å². The van der Waals surface area contributed by atoms with E-state index in [2.05, 4.69) is 10.9 Å². The van der Waals surface area contributed by atoms with Gasteiger partial charge in [-0.3, -0.25) is 0 Å². The summed E-state index contributed by atoms with van der Waals surface area (Å²) >= 11 is 6.06. The molecule has 0 heterocycles. The molecule has 0 bridgehead atoms. The van der Waals surface area contributed by atoms with E-state index in [1.165, 1.54) is 6.07 Å². The van der Waals surface area contributed by atoms with Gasteiger partial charge in [0.15, 0.2) is 11.5 Å². The molecule has 0 unspecified atom stereocenters. The van der Waals surface area contributed by atoms with Gasteiger partial charge in [0.05, 0.1) is 5.69 Å². The fourth-order valence-corrected chi connectivity index (χ4v) is 1.79. The minimum atomic E-state index is -0.297. The van der Waals surface area contributed by atoms with Crippen LogP contribution in [0.2, 0.25) is 5.02 Å². The van der Waals surface area contributed by atoms with Crippen LogP contribution in [0.4, 0.5) is 5.69 Å². The molecule has 4 N–H and O–H groups in total. The molecule has 0 aromatic heterocycles. The third-order valence-corrected chi connectivity index (χ3v) is 2.75. The minimum absolute atomic E-state index is 0.134. The molecule has 0 amide bonds. The number of phenolic OH excluding ortho intramolecular Hbond substituents is 2. The van der Waals surface area contributed by atoms with Crippen molar-refractivity contribution >= 4 is 17.3 Å². The van der Waals surface area contributed by atoms with Gasteiger partial charge in [0.1, 0.15) is 5.02 Å². The lowest BCUT2D eigenvalue weighted by molar-refractivity contribution is 0.403. The van der Waals surface area contributed by atoms with Crippen LogP contribution in [0, 0.1) is 0 Å². The molecule has 5 heteroatoms. The van der Waals surface area contributed by atoms with Crippen molar-refractivity contribution in [2.45, 2.75) is 46.1 Å². The number of phenols is 2. The van der Waals surface area contributed by atoms with Crippen molar-refractivity contribution < 1.29 is 10.2 Å². The largest absolute Gasteiger partial charge is 0.504 e. The number of nitrogens with one attached hydrogen (secondary N) is 2. The first-order chi connectivity index (χ1) is 8.26. The van der Waals surface area contributed by atoms with Crippen molar-refractivity contribution in [2.24, 2.45) is 0 Å². The second-order valence-electron chi connectivity index (χ2n) is 5.34. The van der Waals surface area contributed by atoms with Gasteiger partial charge in [-0.25, -0.2) is 5.43 Å². The fraction of sp³-hybridized carbons (Fsp3) is 0.538. The lowest BCUT2D eigenvalue weighted by Gasteiger charge is -2.24. The summed E-state index contributed by atoms with van der Waals surface area (Å²) in [7, 11) is 0. The summed E-state index contributed by atoms with van der Waals surface area (Å²) in [5, 5.41) is 19.4. The van der Waals surface area contributed by atoms with E-state index in [0.29, 0.717) is 5.69 Å². The Morgan fingerprint density at radius 1 is 1.28 bits per heavy atom. The van der Waals surface area contributed by atoms with Gasteiger partial charge in [0.2, 0.25) is 0 Å². The van der Waals surface area contributed by atoms with Crippen LogP contribution >= 0.6 is 11.6 Å². The average Bonchev–Trinajstić information content (AvgIpc) is 2.24. The first kappa shape index (κ1) is 14.9. The molecule has 18 heavy (non-hydrogen) atoms. The predicted molar refractivity (Wildman–Crippen MR) is 75.3 cm³/mol. The molecular weight excluding hydrogens is 252 g/mol. The molecule has 0 saturated heterocycles. The van der Waals surface area contributed by atoms with Crippen molar-refractivity contribution in [3.63, 3.8) is 0 Å². The Hall–Kier alpha value is -1.13. The lowest BCUT2D eigenvalue weighted by Crippen LogP contribution is -2.40. The van der Waals surface area contributed by atoms with E-state index in [1.54, 1.807) is 0 Å². The Morgan fingerprint density at radius 2 is 1.89 bits per heavy atom. The highest BCUT2D eigenvalue weighted by Crippen LogP contribution is 2.41. The molecule has 0 spiro atoms. The summed E-state index contributed by atoms with van der Waals surface area (Å²) in [5.41, 5.74) is 7.46. The topological polar surface area (TPSA) is 64.5 Å². The highest BCUT2D eigenvalue weighted by molar-refractivity contribution is 6.35. The SMILES string of the molecule is CCCc1cc(O)c(O)c(Cl)c1NNC(C)(C)C. The normalized spacial score (nSPS) is 11.6. The van der Waals surface area contributed by atoms with E-state index in [4.69, 9.17) is 11.6 Å². The summed E-state index contributed by atoms with van der Waals surface area (Å²) in [5.74, 6) is -0.487. The maximum atomic E-state index is 9.66. The maximum absolute atomic E-state index is 9.66. The Bertz CT molecular complexity index is 428. The summed E-state index contributed by atoms with van der Waals surface area (Å²) < 4.78 is 0. The number of rotatable bonds is 4. The highest BCUT2D eigenvalue weighted by atomic mass is 35.5. The second kappa shape index (κ2) is 5.67. The second-order valence-corrected chi connectivity index (χ2v) is 5.72. The van der Waals surface area contributed by atoms with Crippen LogP contribution in [0.1, 0.15) is 39.7 Å². The number of hydrazine groups is 1. The lowest BCUT2D eigenvalue weighted by atomic mass is 10.1. The van der Waals surface area contributed by atoms with Gasteiger partial charge in [-0.1, -0.05) is 24.9 Å². The first-order valence-corrected chi connectivity index (χ1v) is 6.40. The molecule has 1 aromatic carbocycles. The third kappa shape index (κ3) is 3.68. The zero-order chi connectivity index (χ0) is 13.9. The van der Waals surface area contributed by atoms with Crippen LogP contribution in [-0.4, -0.2) is 15.8 Å². The Kier molecular flexibility index (Phi) is 4.71. The van der Waals surface area contributed by atoms with Crippen molar-refractivity contribution in [3.05, 3.63) is 16.7 Å². The number of hydrogen-bond donors (Lipinski definition) is 4. The third-order valence-electron chi connectivity index (χ3n) is 2.38. The van der Waals surface area contributed by atoms with E-state index in [0.717, 1.165) is 18.4 Å². The first-order valence-electron chi connectivity index (χ1n) is 6.02. The van der Waals surface area contributed by atoms with Crippen LogP contribution in [0.5, 0.6) is 11.5 Å². The highest BCUT2D eigenvalue weighted by Gasteiger charge is 2.17. The van der Waals surface area contributed by atoms with Crippen LogP contribution < -0.4 is 10.9 Å². The van der Waals surface area contributed by atoms with Gasteiger partial charge >= 0.3 is 0 Å². The van der Waals surface area contributed by atoms with Gasteiger partial charge < -0.3 is 15.6 Å². The zero-order valence-corrected chi connectivity index (χ0v) is 12.0. The number of aryl methyl sites for hydroxylation is 1. The smallest absolute Gasteiger partial charge is 0.178 e. The average molecular weight is 273 g/mol. The summed E-state index contributed by atoms with van der Waals surface area (Å²) in [6, 6.07) is 1.54. The van der Waals surface area contributed by atoms with Crippen LogP contribution in [0.15, 0.2) is 6.07 Å². The van der Waals surface area contributed by atoms with Gasteiger partial charge in [-0.05, 0) is 38.8 Å². The standard InChI is InChI=1S/C13H21ClN2O2/c1-5-6-8-7-9(17)12(18)10(14)11(8)15-16-13(2,3)4/h7,15-18H,5-6H2,1-4H3. The quantitative estimate of drug-likeness (QED) is 0.385. The number of hydrogen-bond acceptors (Lipinski definition) is 4. The number of aromatic hydroxyl groups is 2. The van der Waals surface area contributed by atoms with E-state index in [9.17, 15) is 10.2 Å². The number of benzene rings is 1. The van der Waals surface area contributed by atoms with Crippen LogP contribution in [-0.2, 0) is 6.42 Å². The molecule has 0 fully saturated rings. The van der Waals surface area contributed by atoms with Gasteiger partial charge in [0.25, 0.3) is 0 Å². The maximum Gasteiger partial charge on any atom is 0.178 e. The molecule has 102 valence electrons. The minimum Gasteiger partial charge on any atom is -0.504 e. The van der Waals surface area contributed by atoms with Crippen molar-refractivity contribution in [2.75, 3.05) is 5.43 Å². The summed E-state index contributed by atoms with van der Waals surface area (Å²) in [6.45, 7) is 8.06. The van der Waals surface area contributed by atoms with Gasteiger partial charge in [-0.2, -0.15) is 0 Å². The van der Waals surface area contributed by atoms with Crippen molar-refractivity contribution in [1.82, 2.24) is 5.43 Å². The summed E-state index contributed by atoms with van der Waals surface area (Å²) in [6.07, 6.45) is 1.69. The molecular formula is C13H21ClN2O2. The molecule has 0 aliphatic carbocycles. The number of anilines is 1. The van der Waals surface area contributed by atoms with Crippen molar-refractivity contribution in [1.29, 1.82) is 0 Å². The van der Waals surface area contributed by atoms with E-state index in [-0.39, 0.29) is 22.1 Å². The van der Waals surface area contributed by atoms with E-state index < -0.39 is 0 Å². The molecule has 1 rings (SSSR count). The van der Waals surface area contributed by atoms with Gasteiger partial charge in [0, 0.05) is 5.54 Å². The molecule has 4 nitrogen and oxygen atoms in total. The van der Waals surface area contributed by atoms with Gasteiger partial charge in [-0.15, -0.1) is 0 Å². The molecule has 0 atom stereocenters. The molecule has 0 aliphatic heterocycles.